The van der Waals surface area contributed by atoms with Crippen molar-refractivity contribution >= 4 is 0 Å². The van der Waals surface area contributed by atoms with Gasteiger partial charge in [-0.2, -0.15) is 5.26 Å². The molecule has 1 aliphatic rings. The average molecular weight is 279 g/mol. The maximum atomic E-state index is 9.40. The van der Waals surface area contributed by atoms with E-state index >= 15 is 0 Å². The normalized spacial score (nSPS) is 19.6. The molecule has 0 saturated heterocycles. The number of nitrogens with zero attached hydrogens (tertiary/aromatic N) is 2. The number of hydrogen-bond acceptors (Lipinski definition) is 3. The summed E-state index contributed by atoms with van der Waals surface area (Å²) < 4.78 is 0. The van der Waals surface area contributed by atoms with E-state index in [2.05, 4.69) is 44.0 Å². The Labute approximate surface area is 125 Å². The zero-order valence-corrected chi connectivity index (χ0v) is 13.9. The van der Waals surface area contributed by atoms with Gasteiger partial charge in [-0.15, -0.1) is 0 Å². The molecular weight excluding hydrogens is 246 g/mol. The van der Waals surface area contributed by atoms with Gasteiger partial charge in [-0.1, -0.05) is 20.3 Å². The summed E-state index contributed by atoms with van der Waals surface area (Å²) in [6.07, 6.45) is 8.29. The van der Waals surface area contributed by atoms with Crippen LogP contribution in [0, 0.1) is 11.3 Å². The highest BCUT2D eigenvalue weighted by molar-refractivity contribution is 5.07. The molecule has 1 fully saturated rings. The summed E-state index contributed by atoms with van der Waals surface area (Å²) in [5, 5.41) is 12.9. The quantitative estimate of drug-likeness (QED) is 0.627. The molecule has 1 N–H and O–H groups in total. The molecule has 2 unspecified atom stereocenters. The molecule has 3 heteroatoms. The number of rotatable bonds is 11. The van der Waals surface area contributed by atoms with Crippen LogP contribution in [0.25, 0.3) is 0 Å². The predicted molar refractivity (Wildman–Crippen MR) is 85.6 cm³/mol. The van der Waals surface area contributed by atoms with Gasteiger partial charge in [-0.25, -0.2) is 0 Å². The van der Waals surface area contributed by atoms with Crippen molar-refractivity contribution in [2.75, 3.05) is 13.1 Å². The third-order valence-corrected chi connectivity index (χ3v) is 4.48. The van der Waals surface area contributed by atoms with Gasteiger partial charge in [0.25, 0.3) is 0 Å². The van der Waals surface area contributed by atoms with Gasteiger partial charge in [0, 0.05) is 12.1 Å². The lowest BCUT2D eigenvalue weighted by molar-refractivity contribution is 0.192. The molecule has 3 nitrogen and oxygen atoms in total. The SMILES string of the molecule is CCCCN(CCCC(C)(C#N)NC1CC1)C(C)CC. The van der Waals surface area contributed by atoms with Crippen LogP contribution in [0.2, 0.25) is 0 Å². The van der Waals surface area contributed by atoms with E-state index in [0.717, 1.165) is 19.4 Å². The van der Waals surface area contributed by atoms with Crippen molar-refractivity contribution in [2.24, 2.45) is 0 Å². The molecule has 0 aliphatic heterocycles. The first-order chi connectivity index (χ1) is 9.54. The van der Waals surface area contributed by atoms with Crippen molar-refractivity contribution in [1.29, 1.82) is 5.26 Å². The fraction of sp³-hybridized carbons (Fsp3) is 0.941. The van der Waals surface area contributed by atoms with E-state index < -0.39 is 0 Å². The Bertz CT molecular complexity index is 306. The van der Waals surface area contributed by atoms with E-state index in [1.54, 1.807) is 0 Å². The maximum absolute atomic E-state index is 9.40. The fourth-order valence-corrected chi connectivity index (χ4v) is 2.65. The molecule has 0 aromatic carbocycles. The van der Waals surface area contributed by atoms with Crippen molar-refractivity contribution in [3.05, 3.63) is 0 Å². The largest absolute Gasteiger partial charge is 0.301 e. The first kappa shape index (κ1) is 17.5. The smallest absolute Gasteiger partial charge is 0.104 e. The summed E-state index contributed by atoms with van der Waals surface area (Å²) >= 11 is 0. The molecule has 1 rings (SSSR count). The van der Waals surface area contributed by atoms with Gasteiger partial charge in [0.05, 0.1) is 6.07 Å². The van der Waals surface area contributed by atoms with Crippen LogP contribution >= 0.6 is 0 Å². The minimum Gasteiger partial charge on any atom is -0.301 e. The monoisotopic (exact) mass is 279 g/mol. The van der Waals surface area contributed by atoms with Crippen molar-refractivity contribution in [3.8, 4) is 6.07 Å². The molecule has 0 heterocycles. The molecule has 0 spiro atoms. The Morgan fingerprint density at radius 2 is 1.95 bits per heavy atom. The van der Waals surface area contributed by atoms with E-state index in [1.807, 2.05) is 0 Å². The highest BCUT2D eigenvalue weighted by atomic mass is 15.1. The van der Waals surface area contributed by atoms with Gasteiger partial charge in [0.15, 0.2) is 0 Å². The van der Waals surface area contributed by atoms with Crippen molar-refractivity contribution in [1.82, 2.24) is 10.2 Å². The van der Waals surface area contributed by atoms with Crippen molar-refractivity contribution in [2.45, 2.75) is 90.3 Å². The molecule has 0 aromatic heterocycles. The molecule has 0 bridgehead atoms. The van der Waals surface area contributed by atoms with Crippen LogP contribution in [0.1, 0.15) is 72.6 Å². The first-order valence-corrected chi connectivity index (χ1v) is 8.47. The number of nitrogens with one attached hydrogen (secondary N) is 1. The first-order valence-electron chi connectivity index (χ1n) is 8.47. The van der Waals surface area contributed by atoms with E-state index in [4.69, 9.17) is 0 Å². The lowest BCUT2D eigenvalue weighted by Gasteiger charge is -2.30. The van der Waals surface area contributed by atoms with Crippen molar-refractivity contribution in [3.63, 3.8) is 0 Å². The van der Waals surface area contributed by atoms with Gasteiger partial charge in [-0.05, 0) is 65.5 Å². The van der Waals surface area contributed by atoms with Gasteiger partial charge in [-0.3, -0.25) is 5.32 Å². The minimum atomic E-state index is -0.326. The van der Waals surface area contributed by atoms with Gasteiger partial charge >= 0.3 is 0 Å². The second kappa shape index (κ2) is 8.64. The Morgan fingerprint density at radius 3 is 2.45 bits per heavy atom. The molecule has 1 saturated carbocycles. The maximum Gasteiger partial charge on any atom is 0.104 e. The van der Waals surface area contributed by atoms with Crippen LogP contribution in [0.3, 0.4) is 0 Å². The Balaban J connectivity index is 2.35. The Hall–Kier alpha value is -0.590. The predicted octanol–water partition coefficient (Wildman–Crippen LogP) is 3.70. The van der Waals surface area contributed by atoms with Gasteiger partial charge < -0.3 is 4.90 Å². The highest BCUT2D eigenvalue weighted by Crippen LogP contribution is 2.24. The third kappa shape index (κ3) is 6.24. The summed E-state index contributed by atoms with van der Waals surface area (Å²) in [6.45, 7) is 11.2. The van der Waals surface area contributed by atoms with E-state index in [9.17, 15) is 5.26 Å². The summed E-state index contributed by atoms with van der Waals surface area (Å²) in [5.74, 6) is 0. The zero-order valence-electron chi connectivity index (χ0n) is 13.9. The summed E-state index contributed by atoms with van der Waals surface area (Å²) in [6, 6.07) is 3.74. The van der Waals surface area contributed by atoms with Crippen LogP contribution < -0.4 is 5.32 Å². The number of nitriles is 1. The molecule has 20 heavy (non-hydrogen) atoms. The molecule has 0 amide bonds. The van der Waals surface area contributed by atoms with Gasteiger partial charge in [0.1, 0.15) is 5.54 Å². The molecule has 0 aromatic rings. The van der Waals surface area contributed by atoms with E-state index in [0.29, 0.717) is 12.1 Å². The van der Waals surface area contributed by atoms with Crippen LogP contribution in [0.4, 0.5) is 0 Å². The van der Waals surface area contributed by atoms with E-state index in [1.165, 1.54) is 38.6 Å². The summed E-state index contributed by atoms with van der Waals surface area (Å²) in [5.41, 5.74) is -0.326. The lowest BCUT2D eigenvalue weighted by atomic mass is 9.97. The molecule has 0 radical (unpaired) electrons. The standard InChI is InChI=1S/C17H33N3/c1-5-7-12-20(15(3)6-2)13-8-11-17(4,14-18)19-16-9-10-16/h15-16,19H,5-13H2,1-4H3. The number of hydrogen-bond donors (Lipinski definition) is 1. The van der Waals surface area contributed by atoms with Crippen molar-refractivity contribution < 1.29 is 0 Å². The summed E-state index contributed by atoms with van der Waals surface area (Å²) in [7, 11) is 0. The van der Waals surface area contributed by atoms with E-state index in [-0.39, 0.29) is 5.54 Å². The molecule has 2 atom stereocenters. The van der Waals surface area contributed by atoms with Crippen LogP contribution in [-0.2, 0) is 0 Å². The molecule has 1 aliphatic carbocycles. The number of unbranched alkanes of at least 4 members (excludes halogenated alkanes) is 1. The highest BCUT2D eigenvalue weighted by Gasteiger charge is 2.32. The third-order valence-electron chi connectivity index (χ3n) is 4.48. The Morgan fingerprint density at radius 1 is 1.30 bits per heavy atom. The Kier molecular flexibility index (Phi) is 7.55. The second-order valence-electron chi connectivity index (χ2n) is 6.61. The topological polar surface area (TPSA) is 39.1 Å². The van der Waals surface area contributed by atoms with Crippen LogP contribution in [0.15, 0.2) is 0 Å². The van der Waals surface area contributed by atoms with Crippen LogP contribution in [-0.4, -0.2) is 35.6 Å². The fourth-order valence-electron chi connectivity index (χ4n) is 2.65. The molecule has 116 valence electrons. The van der Waals surface area contributed by atoms with Gasteiger partial charge in [0.2, 0.25) is 0 Å². The zero-order chi connectivity index (χ0) is 15.0. The summed E-state index contributed by atoms with van der Waals surface area (Å²) in [4.78, 5) is 2.60. The lowest BCUT2D eigenvalue weighted by Crippen LogP contribution is -2.43. The molecular formula is C17H33N3. The average Bonchev–Trinajstić information content (AvgIpc) is 3.25. The van der Waals surface area contributed by atoms with Crippen LogP contribution in [0.5, 0.6) is 0 Å². The minimum absolute atomic E-state index is 0.326. The second-order valence-corrected chi connectivity index (χ2v) is 6.61.